The van der Waals surface area contributed by atoms with Gasteiger partial charge in [0.15, 0.2) is 0 Å². The molecule has 1 unspecified atom stereocenters. The largest absolute Gasteiger partial charge is 0.398 e. The molecule has 0 N–H and O–H groups in total. The first-order chi connectivity index (χ1) is 6.65. The van der Waals surface area contributed by atoms with E-state index in [2.05, 4.69) is 13.5 Å². The van der Waals surface area contributed by atoms with Gasteiger partial charge in [0.25, 0.3) is 0 Å². The van der Waals surface area contributed by atoms with E-state index in [0.29, 0.717) is 6.61 Å². The van der Waals surface area contributed by atoms with Crippen LogP contribution in [0.5, 0.6) is 0 Å². The maximum atomic E-state index is 5.70. The minimum atomic E-state index is -1.65. The average molecular weight is 218 g/mol. The summed E-state index contributed by atoms with van der Waals surface area (Å²) in [7, 11) is 1.73. The maximum Gasteiger partial charge on any atom is 0.350 e. The molecule has 0 spiro atoms. The van der Waals surface area contributed by atoms with Gasteiger partial charge in [-0.25, -0.2) is 0 Å². The molecular formula is C10H22O3Si. The predicted octanol–water partition coefficient (Wildman–Crippen LogP) is 1.80. The molecule has 0 aliphatic heterocycles. The van der Waals surface area contributed by atoms with E-state index in [1.807, 2.05) is 6.92 Å². The van der Waals surface area contributed by atoms with Gasteiger partial charge < -0.3 is 13.6 Å². The van der Waals surface area contributed by atoms with E-state index >= 15 is 0 Å². The number of hydrogen-bond donors (Lipinski definition) is 0. The molecule has 0 aliphatic rings. The molecule has 4 heteroatoms. The van der Waals surface area contributed by atoms with E-state index in [1.165, 1.54) is 0 Å². The Morgan fingerprint density at radius 3 is 2.29 bits per heavy atom. The Hall–Kier alpha value is -0.163. The van der Waals surface area contributed by atoms with Crippen LogP contribution in [0.15, 0.2) is 12.2 Å². The first-order valence-corrected chi connectivity index (χ1v) is 6.58. The zero-order valence-electron chi connectivity index (χ0n) is 9.71. The minimum Gasteiger partial charge on any atom is -0.398 e. The van der Waals surface area contributed by atoms with Crippen LogP contribution in [0.2, 0.25) is 0 Å². The summed E-state index contributed by atoms with van der Waals surface area (Å²) in [5.74, 6) is 0. The van der Waals surface area contributed by atoms with Gasteiger partial charge in [0, 0.05) is 14.2 Å². The lowest BCUT2D eigenvalue weighted by atomic mass is 10.3. The summed E-state index contributed by atoms with van der Waals surface area (Å²) in [6.07, 6.45) is 2.07. The fraction of sp³-hybridized carbons (Fsp3) is 0.800. The molecule has 0 aliphatic carbocycles. The number of hydrogen-bond acceptors (Lipinski definition) is 3. The van der Waals surface area contributed by atoms with Crippen LogP contribution in [0.25, 0.3) is 0 Å². The van der Waals surface area contributed by atoms with E-state index in [4.69, 9.17) is 13.6 Å². The summed E-state index contributed by atoms with van der Waals surface area (Å²) >= 11 is 0. The topological polar surface area (TPSA) is 27.7 Å². The third-order valence-corrected chi connectivity index (χ3v) is 3.95. The van der Waals surface area contributed by atoms with E-state index in [1.54, 1.807) is 14.2 Å². The lowest BCUT2D eigenvalue weighted by Gasteiger charge is -2.22. The Balaban J connectivity index is 4.04. The fourth-order valence-corrected chi connectivity index (χ4v) is 2.89. The monoisotopic (exact) mass is 218 g/mol. The second-order valence-corrected chi connectivity index (χ2v) is 5.86. The molecule has 0 aromatic rings. The standard InChI is InChI=1S/C10H22O3Si/c1-6-7-10(13-8-9(2)3)14(11-4)12-5/h10,14H,2,6-8H2,1,3-5H3. The van der Waals surface area contributed by atoms with Crippen molar-refractivity contribution in [3.05, 3.63) is 12.2 Å². The van der Waals surface area contributed by atoms with Crippen molar-refractivity contribution in [1.82, 2.24) is 0 Å². The summed E-state index contributed by atoms with van der Waals surface area (Å²) in [5.41, 5.74) is 1.16. The normalized spacial score (nSPS) is 13.2. The first kappa shape index (κ1) is 13.8. The lowest BCUT2D eigenvalue weighted by Crippen LogP contribution is -2.37. The molecule has 0 aromatic heterocycles. The number of ether oxygens (including phenoxy) is 1. The Labute approximate surface area is 88.9 Å². The smallest absolute Gasteiger partial charge is 0.350 e. The van der Waals surface area contributed by atoms with E-state index in [-0.39, 0.29) is 5.73 Å². The molecule has 84 valence electrons. The van der Waals surface area contributed by atoms with Crippen LogP contribution >= 0.6 is 0 Å². The molecule has 0 bridgehead atoms. The Morgan fingerprint density at radius 1 is 1.36 bits per heavy atom. The predicted molar refractivity (Wildman–Crippen MR) is 60.6 cm³/mol. The molecule has 0 fully saturated rings. The van der Waals surface area contributed by atoms with Crippen LogP contribution < -0.4 is 0 Å². The second kappa shape index (κ2) is 8.17. The molecule has 3 nitrogen and oxygen atoms in total. The Kier molecular flexibility index (Phi) is 8.08. The van der Waals surface area contributed by atoms with Crippen molar-refractivity contribution in [1.29, 1.82) is 0 Å². The van der Waals surface area contributed by atoms with Crippen molar-refractivity contribution in [2.24, 2.45) is 0 Å². The quantitative estimate of drug-likeness (QED) is 0.459. The zero-order chi connectivity index (χ0) is 11.0. The number of rotatable bonds is 8. The van der Waals surface area contributed by atoms with Crippen molar-refractivity contribution in [2.45, 2.75) is 32.4 Å². The summed E-state index contributed by atoms with van der Waals surface area (Å²) < 4.78 is 16.3. The molecule has 0 radical (unpaired) electrons. The van der Waals surface area contributed by atoms with Crippen LogP contribution in [-0.4, -0.2) is 35.8 Å². The summed E-state index contributed by atoms with van der Waals surface area (Å²) in [6, 6.07) is 0. The molecule has 1 atom stereocenters. The zero-order valence-corrected chi connectivity index (χ0v) is 10.9. The first-order valence-electron chi connectivity index (χ1n) is 4.97. The van der Waals surface area contributed by atoms with Gasteiger partial charge in [-0.2, -0.15) is 0 Å². The van der Waals surface area contributed by atoms with Crippen LogP contribution in [0.1, 0.15) is 26.7 Å². The Bertz CT molecular complexity index is 157. The van der Waals surface area contributed by atoms with Gasteiger partial charge in [-0.3, -0.25) is 0 Å². The Morgan fingerprint density at radius 2 is 1.93 bits per heavy atom. The van der Waals surface area contributed by atoms with Crippen LogP contribution in [0.3, 0.4) is 0 Å². The van der Waals surface area contributed by atoms with Gasteiger partial charge in [0.2, 0.25) is 0 Å². The highest BCUT2D eigenvalue weighted by Gasteiger charge is 2.24. The highest BCUT2D eigenvalue weighted by Crippen LogP contribution is 2.09. The molecule has 0 aromatic carbocycles. The van der Waals surface area contributed by atoms with Crippen molar-refractivity contribution in [2.75, 3.05) is 20.8 Å². The molecule has 0 saturated carbocycles. The van der Waals surface area contributed by atoms with Crippen molar-refractivity contribution in [3.8, 4) is 0 Å². The molecule has 0 amide bonds. The maximum absolute atomic E-state index is 5.70. The van der Waals surface area contributed by atoms with E-state index in [9.17, 15) is 0 Å². The summed E-state index contributed by atoms with van der Waals surface area (Å²) in [5, 5.41) is 0. The van der Waals surface area contributed by atoms with Gasteiger partial charge in [0.1, 0.15) is 0 Å². The SMILES string of the molecule is C=C(C)COC(CCC)[SiH](OC)OC. The highest BCUT2D eigenvalue weighted by molar-refractivity contribution is 6.45. The van der Waals surface area contributed by atoms with Gasteiger partial charge >= 0.3 is 9.28 Å². The third-order valence-electron chi connectivity index (χ3n) is 1.89. The summed E-state index contributed by atoms with van der Waals surface area (Å²) in [6.45, 7) is 8.50. The van der Waals surface area contributed by atoms with Gasteiger partial charge in [-0.1, -0.05) is 25.5 Å². The highest BCUT2D eigenvalue weighted by atomic mass is 28.3. The minimum absolute atomic E-state index is 0.131. The van der Waals surface area contributed by atoms with E-state index < -0.39 is 9.28 Å². The third kappa shape index (κ3) is 5.54. The van der Waals surface area contributed by atoms with Gasteiger partial charge in [-0.15, -0.1) is 0 Å². The lowest BCUT2D eigenvalue weighted by molar-refractivity contribution is 0.0795. The van der Waals surface area contributed by atoms with Crippen LogP contribution in [0, 0.1) is 0 Å². The van der Waals surface area contributed by atoms with Crippen LogP contribution in [0.4, 0.5) is 0 Å². The summed E-state index contributed by atoms with van der Waals surface area (Å²) in [4.78, 5) is 0. The average Bonchev–Trinajstić information content (AvgIpc) is 2.15. The van der Waals surface area contributed by atoms with Crippen molar-refractivity contribution < 1.29 is 13.6 Å². The molecule has 0 heterocycles. The molecular weight excluding hydrogens is 196 g/mol. The van der Waals surface area contributed by atoms with E-state index in [0.717, 1.165) is 18.4 Å². The van der Waals surface area contributed by atoms with Crippen molar-refractivity contribution >= 4 is 9.28 Å². The molecule has 0 rings (SSSR count). The second-order valence-electron chi connectivity index (χ2n) is 3.44. The van der Waals surface area contributed by atoms with Crippen molar-refractivity contribution in [3.63, 3.8) is 0 Å². The molecule has 14 heavy (non-hydrogen) atoms. The fourth-order valence-electron chi connectivity index (χ4n) is 1.23. The molecule has 0 saturated heterocycles. The van der Waals surface area contributed by atoms with Gasteiger partial charge in [0.05, 0.1) is 12.3 Å². The van der Waals surface area contributed by atoms with Crippen LogP contribution in [-0.2, 0) is 13.6 Å². The van der Waals surface area contributed by atoms with Gasteiger partial charge in [-0.05, 0) is 13.3 Å².